The molecule has 3 aromatic heterocycles. The summed E-state index contributed by atoms with van der Waals surface area (Å²) in [5.41, 5.74) is 2.59. The molecule has 0 unspecified atom stereocenters. The number of thiazole rings is 1. The predicted molar refractivity (Wildman–Crippen MR) is 107 cm³/mol. The van der Waals surface area contributed by atoms with Crippen LogP contribution in [0.25, 0.3) is 10.4 Å². The summed E-state index contributed by atoms with van der Waals surface area (Å²) in [6.45, 7) is 0.419. The van der Waals surface area contributed by atoms with Crippen LogP contribution in [0.2, 0.25) is 0 Å². The second-order valence-corrected chi connectivity index (χ2v) is 7.47. The van der Waals surface area contributed by atoms with Crippen molar-refractivity contribution in [1.29, 1.82) is 0 Å². The molecule has 0 saturated heterocycles. The molecule has 0 aliphatic heterocycles. The molecule has 1 aromatic carbocycles. The summed E-state index contributed by atoms with van der Waals surface area (Å²) in [6, 6.07) is 13.1. The molecule has 4 rings (SSSR count). The van der Waals surface area contributed by atoms with Gasteiger partial charge in [0.1, 0.15) is 5.75 Å². The van der Waals surface area contributed by atoms with Crippen LogP contribution in [0, 0.1) is 0 Å². The van der Waals surface area contributed by atoms with Crippen molar-refractivity contribution in [3.05, 3.63) is 82.9 Å². The SMILES string of the molecule is O=C(NCc1cncc(-c2cccs2)c1)c1ccc(Oc2nccs2)cc1. The van der Waals surface area contributed by atoms with E-state index in [1.807, 2.05) is 29.1 Å². The number of nitrogens with one attached hydrogen (secondary N) is 1. The van der Waals surface area contributed by atoms with Crippen LogP contribution in [0.3, 0.4) is 0 Å². The van der Waals surface area contributed by atoms with Gasteiger partial charge in [0.25, 0.3) is 11.1 Å². The fourth-order valence-electron chi connectivity index (χ4n) is 2.48. The quantitative estimate of drug-likeness (QED) is 0.501. The van der Waals surface area contributed by atoms with Gasteiger partial charge in [-0.15, -0.1) is 11.3 Å². The minimum absolute atomic E-state index is 0.141. The van der Waals surface area contributed by atoms with Crippen molar-refractivity contribution >= 4 is 28.6 Å². The van der Waals surface area contributed by atoms with E-state index in [-0.39, 0.29) is 5.91 Å². The standard InChI is InChI=1S/C20H15N3O2S2/c24-19(15-3-5-17(6-4-15)25-20-22-7-9-27-20)23-12-14-10-16(13-21-11-14)18-2-1-8-26-18/h1-11,13H,12H2,(H,23,24). The Balaban J connectivity index is 1.37. The van der Waals surface area contributed by atoms with Gasteiger partial charge < -0.3 is 10.1 Å². The van der Waals surface area contributed by atoms with Crippen LogP contribution < -0.4 is 10.1 Å². The van der Waals surface area contributed by atoms with E-state index in [4.69, 9.17) is 4.74 Å². The first-order chi connectivity index (χ1) is 13.3. The Kier molecular flexibility index (Phi) is 5.22. The zero-order valence-electron chi connectivity index (χ0n) is 14.2. The normalized spacial score (nSPS) is 10.5. The molecule has 5 nitrogen and oxygen atoms in total. The van der Waals surface area contributed by atoms with Gasteiger partial charge in [-0.1, -0.05) is 17.4 Å². The number of pyridine rings is 1. The summed E-state index contributed by atoms with van der Waals surface area (Å²) >= 11 is 3.08. The molecule has 0 fully saturated rings. The molecule has 0 radical (unpaired) electrons. The fraction of sp³-hybridized carbons (Fsp3) is 0.0500. The lowest BCUT2D eigenvalue weighted by Crippen LogP contribution is -2.22. The minimum atomic E-state index is -0.141. The largest absolute Gasteiger partial charge is 0.431 e. The van der Waals surface area contributed by atoms with Crippen molar-refractivity contribution in [2.24, 2.45) is 0 Å². The maximum absolute atomic E-state index is 12.4. The lowest BCUT2D eigenvalue weighted by atomic mass is 10.1. The molecular weight excluding hydrogens is 378 g/mol. The number of ether oxygens (including phenoxy) is 1. The molecule has 0 spiro atoms. The number of benzene rings is 1. The first-order valence-electron chi connectivity index (χ1n) is 8.21. The van der Waals surface area contributed by atoms with Crippen LogP contribution in [-0.2, 0) is 6.54 Å². The van der Waals surface area contributed by atoms with E-state index in [2.05, 4.69) is 21.4 Å². The molecule has 0 aliphatic rings. The highest BCUT2D eigenvalue weighted by Gasteiger charge is 2.08. The highest BCUT2D eigenvalue weighted by molar-refractivity contribution is 7.13. The number of carbonyl (C=O) groups excluding carboxylic acids is 1. The molecule has 27 heavy (non-hydrogen) atoms. The fourth-order valence-corrected chi connectivity index (χ4v) is 3.69. The summed E-state index contributed by atoms with van der Waals surface area (Å²) in [4.78, 5) is 21.9. The van der Waals surface area contributed by atoms with Gasteiger partial charge in [0.2, 0.25) is 0 Å². The van der Waals surface area contributed by atoms with Crippen molar-refractivity contribution in [3.63, 3.8) is 0 Å². The highest BCUT2D eigenvalue weighted by atomic mass is 32.1. The summed E-state index contributed by atoms with van der Waals surface area (Å²) < 4.78 is 5.60. The maximum Gasteiger partial charge on any atom is 0.278 e. The van der Waals surface area contributed by atoms with Crippen LogP contribution in [0.5, 0.6) is 10.9 Å². The molecule has 134 valence electrons. The number of carbonyl (C=O) groups is 1. The number of amides is 1. The topological polar surface area (TPSA) is 64.1 Å². The molecule has 7 heteroatoms. The maximum atomic E-state index is 12.4. The molecule has 1 N–H and O–H groups in total. The van der Waals surface area contributed by atoms with Gasteiger partial charge in [-0.25, -0.2) is 4.98 Å². The Morgan fingerprint density at radius 2 is 1.96 bits per heavy atom. The van der Waals surface area contributed by atoms with E-state index in [1.165, 1.54) is 11.3 Å². The van der Waals surface area contributed by atoms with Crippen molar-refractivity contribution < 1.29 is 9.53 Å². The number of aromatic nitrogens is 2. The zero-order chi connectivity index (χ0) is 18.5. The highest BCUT2D eigenvalue weighted by Crippen LogP contribution is 2.25. The van der Waals surface area contributed by atoms with E-state index in [0.717, 1.165) is 16.0 Å². The van der Waals surface area contributed by atoms with Crippen molar-refractivity contribution in [3.8, 4) is 21.4 Å². The van der Waals surface area contributed by atoms with Crippen molar-refractivity contribution in [2.75, 3.05) is 0 Å². The molecule has 3 heterocycles. The van der Waals surface area contributed by atoms with Gasteiger partial charge in [0.15, 0.2) is 0 Å². The van der Waals surface area contributed by atoms with Gasteiger partial charge >= 0.3 is 0 Å². The predicted octanol–water partition coefficient (Wildman–Crippen LogP) is 4.99. The second kappa shape index (κ2) is 8.11. The van der Waals surface area contributed by atoms with Gasteiger partial charge in [-0.2, -0.15) is 0 Å². The van der Waals surface area contributed by atoms with Gasteiger partial charge in [-0.05, 0) is 47.3 Å². The first kappa shape index (κ1) is 17.4. The molecule has 0 aliphatic carbocycles. The Morgan fingerprint density at radius 1 is 1.07 bits per heavy atom. The van der Waals surface area contributed by atoms with Crippen LogP contribution in [0.4, 0.5) is 0 Å². The molecule has 1 amide bonds. The van der Waals surface area contributed by atoms with E-state index in [1.54, 1.807) is 48.0 Å². The number of nitrogens with zero attached hydrogens (tertiary/aromatic N) is 2. The lowest BCUT2D eigenvalue weighted by Gasteiger charge is -2.07. The number of rotatable bonds is 6. The Morgan fingerprint density at radius 3 is 2.70 bits per heavy atom. The number of thiophene rings is 1. The summed E-state index contributed by atoms with van der Waals surface area (Å²) in [7, 11) is 0. The summed E-state index contributed by atoms with van der Waals surface area (Å²) in [5.74, 6) is 0.506. The van der Waals surface area contributed by atoms with Crippen LogP contribution in [0.1, 0.15) is 15.9 Å². The Bertz CT molecular complexity index is 1010. The third-order valence-corrected chi connectivity index (χ3v) is 5.35. The third-order valence-electron chi connectivity index (χ3n) is 3.78. The molecular formula is C20H15N3O2S2. The van der Waals surface area contributed by atoms with Crippen LogP contribution >= 0.6 is 22.7 Å². The number of hydrogen-bond donors (Lipinski definition) is 1. The Labute approximate surface area is 164 Å². The van der Waals surface area contributed by atoms with Crippen molar-refractivity contribution in [1.82, 2.24) is 15.3 Å². The molecule has 4 aromatic rings. The average Bonchev–Trinajstić information content (AvgIpc) is 3.41. The van der Waals surface area contributed by atoms with Gasteiger partial charge in [0.05, 0.1) is 0 Å². The van der Waals surface area contributed by atoms with E-state index in [9.17, 15) is 4.79 Å². The monoisotopic (exact) mass is 393 g/mol. The number of hydrogen-bond acceptors (Lipinski definition) is 6. The third kappa shape index (κ3) is 4.39. The van der Waals surface area contributed by atoms with E-state index in [0.29, 0.717) is 23.1 Å². The zero-order valence-corrected chi connectivity index (χ0v) is 15.8. The molecule has 0 saturated carbocycles. The molecule has 0 bridgehead atoms. The smallest absolute Gasteiger partial charge is 0.278 e. The van der Waals surface area contributed by atoms with E-state index < -0.39 is 0 Å². The average molecular weight is 393 g/mol. The minimum Gasteiger partial charge on any atom is -0.431 e. The second-order valence-electron chi connectivity index (χ2n) is 5.67. The first-order valence-corrected chi connectivity index (χ1v) is 9.97. The van der Waals surface area contributed by atoms with Crippen molar-refractivity contribution in [2.45, 2.75) is 6.54 Å². The molecule has 0 atom stereocenters. The van der Waals surface area contributed by atoms with Crippen LogP contribution in [0.15, 0.2) is 71.8 Å². The van der Waals surface area contributed by atoms with Gasteiger partial charge in [0, 0.05) is 46.5 Å². The van der Waals surface area contributed by atoms with Gasteiger partial charge in [-0.3, -0.25) is 9.78 Å². The van der Waals surface area contributed by atoms with E-state index >= 15 is 0 Å². The summed E-state index contributed by atoms with van der Waals surface area (Å²) in [6.07, 6.45) is 5.28. The Hall–Kier alpha value is -3.03. The lowest BCUT2D eigenvalue weighted by molar-refractivity contribution is 0.0951. The summed E-state index contributed by atoms with van der Waals surface area (Å²) in [5, 5.41) is 7.38. The van der Waals surface area contributed by atoms with Crippen LogP contribution in [-0.4, -0.2) is 15.9 Å².